The van der Waals surface area contributed by atoms with Crippen LogP contribution < -0.4 is 9.64 Å². The van der Waals surface area contributed by atoms with Crippen LogP contribution in [0.3, 0.4) is 0 Å². The van der Waals surface area contributed by atoms with E-state index in [0.717, 1.165) is 25.0 Å². The fourth-order valence-corrected chi connectivity index (χ4v) is 2.33. The lowest BCUT2D eigenvalue weighted by molar-refractivity contribution is -0.384. The predicted molar refractivity (Wildman–Crippen MR) is 78.6 cm³/mol. The molecule has 1 aromatic carbocycles. The number of amides is 1. The molecule has 1 aliphatic heterocycles. The maximum Gasteiger partial charge on any atom is 0.271 e. The van der Waals surface area contributed by atoms with Crippen molar-refractivity contribution in [3.05, 3.63) is 28.3 Å². The number of nitro benzene ring substituents is 1. The monoisotopic (exact) mass is 296 g/mol. The van der Waals surface area contributed by atoms with E-state index < -0.39 is 4.92 Å². The first-order valence-electron chi connectivity index (χ1n) is 6.46. The van der Waals surface area contributed by atoms with Crippen molar-refractivity contribution in [2.75, 3.05) is 23.8 Å². The Morgan fingerprint density at radius 2 is 2.15 bits per heavy atom. The Kier molecular flexibility index (Phi) is 4.84. The molecule has 2 rings (SSSR count). The fourth-order valence-electron chi connectivity index (χ4n) is 2.11. The van der Waals surface area contributed by atoms with E-state index in [1.807, 2.05) is 0 Å². The average molecular weight is 296 g/mol. The van der Waals surface area contributed by atoms with Crippen molar-refractivity contribution in [3.63, 3.8) is 0 Å². The first kappa shape index (κ1) is 14.6. The number of fused-ring (bicyclic) bond motifs is 1. The minimum atomic E-state index is -0.474. The van der Waals surface area contributed by atoms with Crippen LogP contribution in [0.15, 0.2) is 18.2 Å². The van der Waals surface area contributed by atoms with Gasteiger partial charge in [0.25, 0.3) is 11.6 Å². The lowest BCUT2D eigenvalue weighted by atomic mass is 10.2. The molecule has 0 unspecified atom stereocenters. The molecule has 1 amide bonds. The first-order valence-corrected chi connectivity index (χ1v) is 7.09. The Morgan fingerprint density at radius 3 is 2.85 bits per heavy atom. The van der Waals surface area contributed by atoms with E-state index in [1.54, 1.807) is 11.0 Å². The molecule has 0 saturated carbocycles. The molecule has 0 bridgehead atoms. The number of nitrogens with zero attached hydrogens (tertiary/aromatic N) is 2. The highest BCUT2D eigenvalue weighted by Crippen LogP contribution is 2.35. The number of non-ortho nitro benzene ring substituents is 1. The Labute approximate surface area is 122 Å². The van der Waals surface area contributed by atoms with E-state index in [0.29, 0.717) is 18.0 Å². The SMILES string of the molecule is O=C1COc2ccc([N+](=O)[O-])cc2N1CCCCCS. The Morgan fingerprint density at radius 1 is 1.35 bits per heavy atom. The van der Waals surface area contributed by atoms with Crippen LogP contribution in [-0.4, -0.2) is 29.7 Å². The van der Waals surface area contributed by atoms with Crippen LogP contribution in [0.25, 0.3) is 0 Å². The van der Waals surface area contributed by atoms with Crippen LogP contribution in [0, 0.1) is 10.1 Å². The van der Waals surface area contributed by atoms with E-state index in [9.17, 15) is 14.9 Å². The molecule has 1 aromatic rings. The van der Waals surface area contributed by atoms with E-state index >= 15 is 0 Å². The molecule has 0 aliphatic carbocycles. The minimum Gasteiger partial charge on any atom is -0.482 e. The van der Waals surface area contributed by atoms with Crippen LogP contribution in [0.5, 0.6) is 5.75 Å². The third kappa shape index (κ3) is 3.22. The molecule has 0 radical (unpaired) electrons. The molecule has 6 nitrogen and oxygen atoms in total. The molecule has 0 spiro atoms. The second kappa shape index (κ2) is 6.60. The number of thiol groups is 1. The summed E-state index contributed by atoms with van der Waals surface area (Å²) in [5.41, 5.74) is 0.448. The van der Waals surface area contributed by atoms with Gasteiger partial charge < -0.3 is 9.64 Å². The largest absolute Gasteiger partial charge is 0.482 e. The van der Waals surface area contributed by atoms with Gasteiger partial charge in [-0.25, -0.2) is 0 Å². The lowest BCUT2D eigenvalue weighted by Gasteiger charge is -2.29. The van der Waals surface area contributed by atoms with Crippen molar-refractivity contribution in [1.82, 2.24) is 0 Å². The maximum atomic E-state index is 11.9. The molecular weight excluding hydrogens is 280 g/mol. The van der Waals surface area contributed by atoms with Gasteiger partial charge in [0.2, 0.25) is 0 Å². The van der Waals surface area contributed by atoms with E-state index in [2.05, 4.69) is 12.6 Å². The van der Waals surface area contributed by atoms with E-state index in [4.69, 9.17) is 4.74 Å². The number of rotatable bonds is 6. The number of carbonyl (C=O) groups excluding carboxylic acids is 1. The Balaban J connectivity index is 2.18. The van der Waals surface area contributed by atoms with Crippen LogP contribution >= 0.6 is 12.6 Å². The number of nitro groups is 1. The summed E-state index contributed by atoms with van der Waals surface area (Å²) in [4.78, 5) is 23.8. The topological polar surface area (TPSA) is 72.7 Å². The minimum absolute atomic E-state index is 0.0165. The summed E-state index contributed by atoms with van der Waals surface area (Å²) in [7, 11) is 0. The van der Waals surface area contributed by atoms with Gasteiger partial charge in [0.15, 0.2) is 6.61 Å². The van der Waals surface area contributed by atoms with Crippen molar-refractivity contribution in [3.8, 4) is 5.75 Å². The summed E-state index contributed by atoms with van der Waals surface area (Å²) in [5, 5.41) is 10.8. The summed E-state index contributed by atoms with van der Waals surface area (Å²) >= 11 is 4.14. The second-order valence-electron chi connectivity index (χ2n) is 4.53. The van der Waals surface area contributed by atoms with Gasteiger partial charge in [0.1, 0.15) is 5.75 Å². The van der Waals surface area contributed by atoms with Crippen molar-refractivity contribution in [2.45, 2.75) is 19.3 Å². The lowest BCUT2D eigenvalue weighted by Crippen LogP contribution is -2.39. The highest BCUT2D eigenvalue weighted by Gasteiger charge is 2.26. The van der Waals surface area contributed by atoms with Crippen molar-refractivity contribution < 1.29 is 14.5 Å². The average Bonchev–Trinajstić information content (AvgIpc) is 2.44. The Bertz CT molecular complexity index is 521. The molecule has 0 atom stereocenters. The molecule has 0 saturated heterocycles. The number of benzene rings is 1. The van der Waals surface area contributed by atoms with Gasteiger partial charge in [-0.05, 0) is 24.7 Å². The summed E-state index contributed by atoms with van der Waals surface area (Å²) < 4.78 is 5.30. The van der Waals surface area contributed by atoms with Gasteiger partial charge in [-0.3, -0.25) is 14.9 Å². The van der Waals surface area contributed by atoms with Gasteiger partial charge in [-0.2, -0.15) is 12.6 Å². The van der Waals surface area contributed by atoms with Crippen LogP contribution in [0.4, 0.5) is 11.4 Å². The van der Waals surface area contributed by atoms with Gasteiger partial charge in [0.05, 0.1) is 10.6 Å². The van der Waals surface area contributed by atoms with Crippen LogP contribution in [-0.2, 0) is 4.79 Å². The molecule has 7 heteroatoms. The first-order chi connectivity index (χ1) is 9.63. The van der Waals surface area contributed by atoms with Crippen molar-refractivity contribution >= 4 is 29.9 Å². The quantitative estimate of drug-likeness (QED) is 0.379. The highest BCUT2D eigenvalue weighted by atomic mass is 32.1. The third-order valence-electron chi connectivity index (χ3n) is 3.14. The van der Waals surface area contributed by atoms with Crippen LogP contribution in [0.2, 0.25) is 0 Å². The third-order valence-corrected chi connectivity index (χ3v) is 3.45. The molecule has 0 N–H and O–H groups in total. The van der Waals surface area contributed by atoms with Gasteiger partial charge in [0, 0.05) is 18.7 Å². The number of ether oxygens (including phenoxy) is 1. The molecular formula is C13H16N2O4S. The van der Waals surface area contributed by atoms with Crippen molar-refractivity contribution in [1.29, 1.82) is 0 Å². The number of anilines is 1. The number of unbranched alkanes of at least 4 members (excludes halogenated alkanes) is 2. The zero-order valence-electron chi connectivity index (χ0n) is 10.9. The zero-order chi connectivity index (χ0) is 14.5. The number of hydrogen-bond donors (Lipinski definition) is 1. The maximum absolute atomic E-state index is 11.9. The van der Waals surface area contributed by atoms with E-state index in [1.165, 1.54) is 12.1 Å². The summed E-state index contributed by atoms with van der Waals surface area (Å²) in [6, 6.07) is 4.32. The number of hydrogen-bond acceptors (Lipinski definition) is 5. The van der Waals surface area contributed by atoms with E-state index in [-0.39, 0.29) is 18.2 Å². The zero-order valence-corrected chi connectivity index (χ0v) is 11.8. The van der Waals surface area contributed by atoms with Gasteiger partial charge >= 0.3 is 0 Å². The molecule has 0 fully saturated rings. The molecule has 1 aliphatic rings. The van der Waals surface area contributed by atoms with Crippen molar-refractivity contribution in [2.24, 2.45) is 0 Å². The predicted octanol–water partition coefficient (Wildman–Crippen LogP) is 2.42. The molecule has 20 heavy (non-hydrogen) atoms. The standard InChI is InChI=1S/C13H16N2O4S/c16-13-9-19-12-5-4-10(15(17)18)8-11(12)14(13)6-2-1-3-7-20/h4-5,8,20H,1-3,6-7,9H2. The highest BCUT2D eigenvalue weighted by molar-refractivity contribution is 7.80. The second-order valence-corrected chi connectivity index (χ2v) is 4.97. The summed E-state index contributed by atoms with van der Waals surface area (Å²) in [6.07, 6.45) is 2.80. The van der Waals surface area contributed by atoms with Gasteiger partial charge in [-0.1, -0.05) is 6.42 Å². The normalized spacial score (nSPS) is 13.8. The Hall–Kier alpha value is -1.76. The molecule has 108 valence electrons. The summed E-state index contributed by atoms with van der Waals surface area (Å²) in [5.74, 6) is 1.17. The number of carbonyl (C=O) groups is 1. The molecule has 1 heterocycles. The summed E-state index contributed by atoms with van der Waals surface area (Å²) in [6.45, 7) is 0.529. The van der Waals surface area contributed by atoms with Crippen LogP contribution in [0.1, 0.15) is 19.3 Å². The fraction of sp³-hybridized carbons (Fsp3) is 0.462. The molecule has 0 aromatic heterocycles. The van der Waals surface area contributed by atoms with Gasteiger partial charge in [-0.15, -0.1) is 0 Å². The smallest absolute Gasteiger partial charge is 0.271 e.